The van der Waals surface area contributed by atoms with E-state index in [4.69, 9.17) is 19.2 Å². The van der Waals surface area contributed by atoms with Crippen molar-refractivity contribution in [1.29, 1.82) is 0 Å². The van der Waals surface area contributed by atoms with Gasteiger partial charge in [0.1, 0.15) is 5.75 Å². The Labute approximate surface area is 192 Å². The molecule has 1 fully saturated rings. The smallest absolute Gasteiger partial charge is 0.231 e. The molecule has 2 aliphatic carbocycles. The summed E-state index contributed by atoms with van der Waals surface area (Å²) in [5.74, 6) is 2.47. The molecule has 3 aromatic rings. The van der Waals surface area contributed by atoms with Gasteiger partial charge in [0.2, 0.25) is 6.79 Å². The van der Waals surface area contributed by atoms with Crippen LogP contribution in [0, 0.1) is 13.8 Å². The van der Waals surface area contributed by atoms with E-state index < -0.39 is 11.0 Å². The van der Waals surface area contributed by atoms with Crippen LogP contribution in [0.2, 0.25) is 0 Å². The minimum Gasteiger partial charge on any atom is -0.482 e. The fourth-order valence-electron chi connectivity index (χ4n) is 7.66. The van der Waals surface area contributed by atoms with Crippen LogP contribution in [0.4, 0.5) is 0 Å². The van der Waals surface area contributed by atoms with Gasteiger partial charge < -0.3 is 24.2 Å². The van der Waals surface area contributed by atoms with Crippen molar-refractivity contribution < 1.29 is 19.3 Å². The summed E-state index contributed by atoms with van der Waals surface area (Å²) in [7, 11) is 2.15. The van der Waals surface area contributed by atoms with Crippen LogP contribution in [0.3, 0.4) is 0 Å². The second-order valence-electron chi connectivity index (χ2n) is 10.6. The molecule has 0 saturated carbocycles. The summed E-state index contributed by atoms with van der Waals surface area (Å²) in [6, 6.07) is 8.50. The molecule has 5 aliphatic rings. The van der Waals surface area contributed by atoms with E-state index >= 15 is 0 Å². The quantitative estimate of drug-likeness (QED) is 0.575. The molecule has 6 nitrogen and oxygen atoms in total. The van der Waals surface area contributed by atoms with Crippen molar-refractivity contribution in [3.8, 4) is 17.2 Å². The van der Waals surface area contributed by atoms with Crippen LogP contribution in [-0.4, -0.2) is 47.0 Å². The maximum atomic E-state index is 12.7. The molecule has 1 spiro atoms. The number of likely N-dealkylation sites (tertiary alicyclic amines) is 1. The Morgan fingerprint density at radius 3 is 2.82 bits per heavy atom. The molecular formula is C27H26N2O4. The normalized spacial score (nSPS) is 32.5. The average molecular weight is 443 g/mol. The number of aromatic nitrogens is 1. The fraction of sp³-hybridized carbons (Fsp3) is 0.444. The van der Waals surface area contributed by atoms with Gasteiger partial charge in [0.15, 0.2) is 17.6 Å². The van der Waals surface area contributed by atoms with E-state index in [1.165, 1.54) is 11.1 Å². The van der Waals surface area contributed by atoms with Crippen molar-refractivity contribution in [1.82, 2.24) is 9.88 Å². The molecule has 2 aromatic carbocycles. The largest absolute Gasteiger partial charge is 0.482 e. The summed E-state index contributed by atoms with van der Waals surface area (Å²) < 4.78 is 18.1. The molecule has 3 aliphatic heterocycles. The highest BCUT2D eigenvalue weighted by molar-refractivity contribution is 5.87. The van der Waals surface area contributed by atoms with Gasteiger partial charge in [0, 0.05) is 29.5 Å². The number of nitrogens with zero attached hydrogens (tertiary/aromatic N) is 2. The van der Waals surface area contributed by atoms with E-state index in [1.807, 2.05) is 12.1 Å². The third-order valence-electron chi connectivity index (χ3n) is 9.29. The summed E-state index contributed by atoms with van der Waals surface area (Å²) in [5.41, 5.74) is 6.50. The predicted octanol–water partition coefficient (Wildman–Crippen LogP) is 3.50. The van der Waals surface area contributed by atoms with Crippen LogP contribution >= 0.6 is 0 Å². The molecule has 1 saturated heterocycles. The highest BCUT2D eigenvalue weighted by Crippen LogP contribution is 2.67. The monoisotopic (exact) mass is 442 g/mol. The molecule has 6 heteroatoms. The van der Waals surface area contributed by atoms with Gasteiger partial charge in [-0.15, -0.1) is 0 Å². The molecule has 0 amide bonds. The molecule has 0 radical (unpaired) electrons. The van der Waals surface area contributed by atoms with Crippen LogP contribution in [0.25, 0.3) is 10.9 Å². The first-order valence-electron chi connectivity index (χ1n) is 11.9. The Balaban J connectivity index is 1.46. The number of aryl methyl sites for hydroxylation is 2. The number of hydrogen-bond donors (Lipinski definition) is 1. The topological polar surface area (TPSA) is 64.1 Å². The molecule has 0 unspecified atom stereocenters. The fourth-order valence-corrected chi connectivity index (χ4v) is 7.66. The molecule has 168 valence electrons. The van der Waals surface area contributed by atoms with Gasteiger partial charge in [0.05, 0.1) is 22.2 Å². The van der Waals surface area contributed by atoms with Crippen LogP contribution in [0.15, 0.2) is 24.3 Å². The van der Waals surface area contributed by atoms with Gasteiger partial charge in [-0.2, -0.15) is 0 Å². The first kappa shape index (κ1) is 18.6. The molecule has 4 atom stereocenters. The maximum absolute atomic E-state index is 12.7. The van der Waals surface area contributed by atoms with Crippen LogP contribution in [0.1, 0.15) is 46.0 Å². The zero-order valence-corrected chi connectivity index (χ0v) is 19.1. The molecule has 1 N–H and O–H groups in total. The lowest BCUT2D eigenvalue weighted by Crippen LogP contribution is -2.74. The number of rotatable bonds is 0. The number of pyridine rings is 1. The Morgan fingerprint density at radius 1 is 1.15 bits per heavy atom. The van der Waals surface area contributed by atoms with Crippen molar-refractivity contribution in [3.63, 3.8) is 0 Å². The van der Waals surface area contributed by atoms with Crippen molar-refractivity contribution >= 4 is 10.9 Å². The Hall–Kier alpha value is -2.83. The van der Waals surface area contributed by atoms with E-state index in [0.717, 1.165) is 69.9 Å². The molecule has 8 rings (SSSR count). The van der Waals surface area contributed by atoms with Crippen LogP contribution in [0.5, 0.6) is 17.2 Å². The second-order valence-corrected chi connectivity index (χ2v) is 10.6. The number of piperidine rings is 1. The minimum absolute atomic E-state index is 0.0542. The number of hydrogen-bond acceptors (Lipinski definition) is 6. The zero-order chi connectivity index (χ0) is 22.3. The third kappa shape index (κ3) is 1.91. The van der Waals surface area contributed by atoms with Gasteiger partial charge in [-0.05, 0) is 68.6 Å². The van der Waals surface area contributed by atoms with Crippen molar-refractivity contribution in [3.05, 3.63) is 57.8 Å². The van der Waals surface area contributed by atoms with Crippen molar-refractivity contribution in [2.75, 3.05) is 20.4 Å². The third-order valence-corrected chi connectivity index (χ3v) is 9.29. The number of fused-ring (bicyclic) bond motifs is 4. The zero-order valence-electron chi connectivity index (χ0n) is 19.1. The standard InChI is InChI=1S/C27H26N2O4/c1-13-4-5-15-8-21-27(30)11-17-14(2)16-9-19-20(32-12-31-19)10-18(16)28-23(17)25-26(27,6-7-29(21)3)22(15)24(13)33-25/h4-5,9-10,21,25,30H,6-8,11-12H2,1-3H3/t21-,25+,26+,27-/m1/s1. The molecular weight excluding hydrogens is 416 g/mol. The molecule has 1 aromatic heterocycles. The van der Waals surface area contributed by atoms with E-state index in [-0.39, 0.29) is 18.9 Å². The highest BCUT2D eigenvalue weighted by atomic mass is 16.7. The summed E-state index contributed by atoms with van der Waals surface area (Å²) >= 11 is 0. The lowest BCUT2D eigenvalue weighted by atomic mass is 9.48. The van der Waals surface area contributed by atoms with Gasteiger partial charge in [-0.25, -0.2) is 4.98 Å². The summed E-state index contributed by atoms with van der Waals surface area (Å²) in [5, 5.41) is 13.7. The van der Waals surface area contributed by atoms with E-state index in [0.29, 0.717) is 6.42 Å². The van der Waals surface area contributed by atoms with Crippen molar-refractivity contribution in [2.24, 2.45) is 0 Å². The maximum Gasteiger partial charge on any atom is 0.231 e. The van der Waals surface area contributed by atoms with Crippen LogP contribution < -0.4 is 14.2 Å². The summed E-state index contributed by atoms with van der Waals surface area (Å²) in [4.78, 5) is 7.56. The van der Waals surface area contributed by atoms with E-state index in [1.54, 1.807) is 0 Å². The van der Waals surface area contributed by atoms with Gasteiger partial charge in [-0.1, -0.05) is 12.1 Å². The first-order chi connectivity index (χ1) is 15.9. The second kappa shape index (κ2) is 5.62. The minimum atomic E-state index is -0.903. The number of likely N-dealkylation sites (N-methyl/N-ethyl adjacent to an activating group) is 1. The Morgan fingerprint density at radius 2 is 1.97 bits per heavy atom. The number of ether oxygens (including phenoxy) is 3. The SMILES string of the molecule is Cc1ccc2c3c1O[C@H]1c4nc5cc6c(cc5c(C)c4C[C@@]4(O)[C@@H](C2)N(C)CC[C@]314)OCO6. The molecule has 33 heavy (non-hydrogen) atoms. The first-order valence-corrected chi connectivity index (χ1v) is 11.9. The van der Waals surface area contributed by atoms with Crippen molar-refractivity contribution in [2.45, 2.75) is 56.3 Å². The molecule has 4 heterocycles. The lowest BCUT2D eigenvalue weighted by molar-refractivity contribution is -0.168. The highest BCUT2D eigenvalue weighted by Gasteiger charge is 2.72. The summed E-state index contributed by atoms with van der Waals surface area (Å²) in [6.45, 7) is 5.45. The van der Waals surface area contributed by atoms with Gasteiger partial charge in [0.25, 0.3) is 0 Å². The van der Waals surface area contributed by atoms with E-state index in [2.05, 4.69) is 37.9 Å². The van der Waals surface area contributed by atoms with Gasteiger partial charge >= 0.3 is 0 Å². The van der Waals surface area contributed by atoms with E-state index in [9.17, 15) is 5.11 Å². The van der Waals surface area contributed by atoms with Gasteiger partial charge in [-0.3, -0.25) is 0 Å². The average Bonchev–Trinajstić information content (AvgIpc) is 3.39. The van der Waals surface area contributed by atoms with Crippen LogP contribution in [-0.2, 0) is 18.3 Å². The predicted molar refractivity (Wildman–Crippen MR) is 122 cm³/mol. The molecule has 2 bridgehead atoms. The Bertz CT molecular complexity index is 1420. The summed E-state index contributed by atoms with van der Waals surface area (Å²) in [6.07, 6.45) is 2.02. The number of benzene rings is 2. The lowest BCUT2D eigenvalue weighted by Gasteiger charge is -2.62. The Kier molecular flexibility index (Phi) is 3.17. The number of aliphatic hydroxyl groups is 1.